The molecule has 5 heteroatoms. The fourth-order valence-corrected chi connectivity index (χ4v) is 2.36. The van der Waals surface area contributed by atoms with Crippen molar-refractivity contribution >= 4 is 23.2 Å². The lowest BCUT2D eigenvalue weighted by molar-refractivity contribution is -0.0529. The number of benzene rings is 1. The lowest BCUT2D eigenvalue weighted by Crippen LogP contribution is -2.25. The van der Waals surface area contributed by atoms with Gasteiger partial charge in [0.1, 0.15) is 0 Å². The van der Waals surface area contributed by atoms with Gasteiger partial charge in [-0.1, -0.05) is 36.2 Å². The van der Waals surface area contributed by atoms with E-state index in [1.165, 1.54) is 0 Å². The van der Waals surface area contributed by atoms with Gasteiger partial charge in [0.2, 0.25) is 0 Å². The van der Waals surface area contributed by atoms with E-state index >= 15 is 0 Å². The molecule has 0 spiro atoms. The molecular weight excluding hydrogens is 273 g/mol. The summed E-state index contributed by atoms with van der Waals surface area (Å²) in [6, 6.07) is 5.86. The molecule has 1 N–H and O–H groups in total. The second-order valence-electron chi connectivity index (χ2n) is 4.19. The molecule has 100 valence electrons. The van der Waals surface area contributed by atoms with Crippen LogP contribution < -0.4 is 5.32 Å². The molecule has 1 unspecified atom stereocenters. The number of rotatable bonds is 5. The highest BCUT2D eigenvalue weighted by atomic mass is 35.5. The van der Waals surface area contributed by atoms with E-state index in [2.05, 4.69) is 12.2 Å². The van der Waals surface area contributed by atoms with Crippen LogP contribution in [0, 0.1) is 0 Å². The number of hydrogen-bond acceptors (Lipinski definition) is 3. The van der Waals surface area contributed by atoms with Gasteiger partial charge < -0.3 is 14.8 Å². The van der Waals surface area contributed by atoms with E-state index in [1.807, 2.05) is 18.2 Å². The van der Waals surface area contributed by atoms with E-state index < -0.39 is 0 Å². The second-order valence-corrected chi connectivity index (χ2v) is 5.01. The molecule has 1 heterocycles. The highest BCUT2D eigenvalue weighted by molar-refractivity contribution is 6.42. The van der Waals surface area contributed by atoms with Crippen molar-refractivity contribution in [3.05, 3.63) is 33.8 Å². The van der Waals surface area contributed by atoms with Crippen LogP contribution in [0.5, 0.6) is 0 Å². The van der Waals surface area contributed by atoms with Crippen LogP contribution in [0.25, 0.3) is 0 Å². The molecular formula is C13H17Cl2NO2. The lowest BCUT2D eigenvalue weighted by atomic mass is 10.0. The quantitative estimate of drug-likeness (QED) is 0.901. The number of nitrogens with one attached hydrogen (secondary N) is 1. The number of hydrogen-bond donors (Lipinski definition) is 1. The van der Waals surface area contributed by atoms with Gasteiger partial charge in [0.05, 0.1) is 23.3 Å². The summed E-state index contributed by atoms with van der Waals surface area (Å²) in [5.41, 5.74) is 1.10. The molecule has 1 aliphatic heterocycles. The van der Waals surface area contributed by atoms with Crippen molar-refractivity contribution < 1.29 is 9.47 Å². The molecule has 2 rings (SSSR count). The first-order chi connectivity index (χ1) is 8.70. The van der Waals surface area contributed by atoms with Gasteiger partial charge in [0, 0.05) is 12.5 Å². The van der Waals surface area contributed by atoms with Crippen LogP contribution in [-0.2, 0) is 9.47 Å². The Kier molecular flexibility index (Phi) is 5.27. The molecule has 1 aromatic rings. The smallest absolute Gasteiger partial charge is 0.159 e. The molecule has 0 aliphatic carbocycles. The summed E-state index contributed by atoms with van der Waals surface area (Å²) in [7, 11) is 0. The van der Waals surface area contributed by atoms with Crippen molar-refractivity contribution in [1.82, 2.24) is 5.32 Å². The zero-order valence-corrected chi connectivity index (χ0v) is 11.8. The predicted molar refractivity (Wildman–Crippen MR) is 73.2 cm³/mol. The number of halogens is 2. The largest absolute Gasteiger partial charge is 0.350 e. The first-order valence-electron chi connectivity index (χ1n) is 6.12. The van der Waals surface area contributed by atoms with Crippen LogP contribution in [0.4, 0.5) is 0 Å². The highest BCUT2D eigenvalue weighted by Gasteiger charge is 2.22. The Labute approximate surface area is 117 Å². The van der Waals surface area contributed by atoms with E-state index in [0.717, 1.165) is 18.5 Å². The molecule has 0 bridgehead atoms. The minimum Gasteiger partial charge on any atom is -0.350 e. The van der Waals surface area contributed by atoms with Crippen molar-refractivity contribution in [2.75, 3.05) is 19.8 Å². The van der Waals surface area contributed by atoms with Gasteiger partial charge in [-0.3, -0.25) is 0 Å². The maximum atomic E-state index is 6.05. The molecule has 0 amide bonds. The molecule has 1 saturated heterocycles. The molecule has 1 atom stereocenters. The SMILES string of the molecule is CCNC(CC1OCCO1)c1ccc(Cl)c(Cl)c1. The Morgan fingerprint density at radius 3 is 2.61 bits per heavy atom. The van der Waals surface area contributed by atoms with E-state index in [0.29, 0.717) is 23.3 Å². The van der Waals surface area contributed by atoms with Crippen LogP contribution in [0.1, 0.15) is 24.9 Å². The normalized spacial score (nSPS) is 18.2. The summed E-state index contributed by atoms with van der Waals surface area (Å²) < 4.78 is 11.0. The van der Waals surface area contributed by atoms with Crippen molar-refractivity contribution in [1.29, 1.82) is 0 Å². The van der Waals surface area contributed by atoms with E-state index in [9.17, 15) is 0 Å². The summed E-state index contributed by atoms with van der Waals surface area (Å²) in [5.74, 6) is 0. The Hall–Kier alpha value is -0.320. The molecule has 3 nitrogen and oxygen atoms in total. The molecule has 0 aromatic heterocycles. The fraction of sp³-hybridized carbons (Fsp3) is 0.538. The van der Waals surface area contributed by atoms with Crippen LogP contribution in [0.3, 0.4) is 0 Å². The standard InChI is InChI=1S/C13H17Cl2NO2/c1-2-16-12(8-13-17-5-6-18-13)9-3-4-10(14)11(15)7-9/h3-4,7,12-13,16H,2,5-6,8H2,1H3. The molecule has 1 aliphatic rings. The molecule has 1 fully saturated rings. The monoisotopic (exact) mass is 289 g/mol. The molecule has 1 aromatic carbocycles. The Morgan fingerprint density at radius 1 is 1.28 bits per heavy atom. The first kappa shape index (κ1) is 14.1. The van der Waals surface area contributed by atoms with Gasteiger partial charge in [0.15, 0.2) is 6.29 Å². The molecule has 18 heavy (non-hydrogen) atoms. The first-order valence-corrected chi connectivity index (χ1v) is 6.88. The molecule has 0 saturated carbocycles. The summed E-state index contributed by atoms with van der Waals surface area (Å²) in [6.45, 7) is 4.29. The minimum atomic E-state index is -0.136. The highest BCUT2D eigenvalue weighted by Crippen LogP contribution is 2.28. The summed E-state index contributed by atoms with van der Waals surface area (Å²) in [5, 5.41) is 4.56. The summed E-state index contributed by atoms with van der Waals surface area (Å²) in [6.07, 6.45) is 0.634. The fourth-order valence-electron chi connectivity index (χ4n) is 2.05. The molecule has 0 radical (unpaired) electrons. The second kappa shape index (κ2) is 6.73. The maximum absolute atomic E-state index is 6.05. The van der Waals surface area contributed by atoms with E-state index in [4.69, 9.17) is 32.7 Å². The minimum absolute atomic E-state index is 0.136. The van der Waals surface area contributed by atoms with Gasteiger partial charge in [-0.15, -0.1) is 0 Å². The van der Waals surface area contributed by atoms with E-state index in [-0.39, 0.29) is 12.3 Å². The van der Waals surface area contributed by atoms with Crippen LogP contribution in [-0.4, -0.2) is 26.0 Å². The van der Waals surface area contributed by atoms with Gasteiger partial charge in [-0.05, 0) is 24.2 Å². The topological polar surface area (TPSA) is 30.5 Å². The average molecular weight is 290 g/mol. The van der Waals surface area contributed by atoms with Crippen LogP contribution in [0.15, 0.2) is 18.2 Å². The van der Waals surface area contributed by atoms with Gasteiger partial charge >= 0.3 is 0 Å². The summed E-state index contributed by atoms with van der Waals surface area (Å²) in [4.78, 5) is 0. The van der Waals surface area contributed by atoms with Gasteiger partial charge in [0.25, 0.3) is 0 Å². The lowest BCUT2D eigenvalue weighted by Gasteiger charge is -2.21. The Balaban J connectivity index is 2.09. The Morgan fingerprint density at radius 2 is 2.00 bits per heavy atom. The zero-order valence-electron chi connectivity index (χ0n) is 10.3. The number of ether oxygens (including phenoxy) is 2. The van der Waals surface area contributed by atoms with Crippen molar-refractivity contribution in [3.63, 3.8) is 0 Å². The van der Waals surface area contributed by atoms with Crippen molar-refractivity contribution in [2.24, 2.45) is 0 Å². The maximum Gasteiger partial charge on any atom is 0.159 e. The Bertz CT molecular complexity index is 395. The third-order valence-electron chi connectivity index (χ3n) is 2.92. The van der Waals surface area contributed by atoms with Crippen LogP contribution >= 0.6 is 23.2 Å². The summed E-state index contributed by atoms with van der Waals surface area (Å²) >= 11 is 12.0. The van der Waals surface area contributed by atoms with Gasteiger partial charge in [-0.2, -0.15) is 0 Å². The van der Waals surface area contributed by atoms with Crippen molar-refractivity contribution in [2.45, 2.75) is 25.7 Å². The zero-order chi connectivity index (χ0) is 13.0. The van der Waals surface area contributed by atoms with Gasteiger partial charge in [-0.25, -0.2) is 0 Å². The third-order valence-corrected chi connectivity index (χ3v) is 3.65. The van der Waals surface area contributed by atoms with E-state index in [1.54, 1.807) is 0 Å². The predicted octanol–water partition coefficient (Wildman–Crippen LogP) is 3.41. The van der Waals surface area contributed by atoms with Crippen molar-refractivity contribution in [3.8, 4) is 0 Å². The van der Waals surface area contributed by atoms with Crippen LogP contribution in [0.2, 0.25) is 10.0 Å². The third kappa shape index (κ3) is 3.59. The average Bonchev–Trinajstić information content (AvgIpc) is 2.85.